The SMILES string of the molecule is CC1CN(C(=O)C(C)OC(=O)/C=C/c2ccc(S(=O)(=O)N3CCCCCC3)cc2)CC(C)O1. The first-order valence-electron chi connectivity index (χ1n) is 11.6. The lowest BCUT2D eigenvalue weighted by Gasteiger charge is -2.36. The van der Waals surface area contributed by atoms with Crippen LogP contribution in [0.3, 0.4) is 0 Å². The molecule has 0 spiro atoms. The van der Waals surface area contributed by atoms with Crippen molar-refractivity contribution in [3.8, 4) is 0 Å². The van der Waals surface area contributed by atoms with Gasteiger partial charge >= 0.3 is 5.97 Å². The molecule has 0 bridgehead atoms. The monoisotopic (exact) mass is 478 g/mol. The number of carbonyl (C=O) groups excluding carboxylic acids is 2. The molecular formula is C24H34N2O6S. The first-order chi connectivity index (χ1) is 15.7. The number of esters is 1. The Morgan fingerprint density at radius 3 is 2.18 bits per heavy atom. The number of hydrogen-bond donors (Lipinski definition) is 0. The summed E-state index contributed by atoms with van der Waals surface area (Å²) < 4.78 is 38.2. The zero-order chi connectivity index (χ0) is 24.0. The largest absolute Gasteiger partial charge is 0.449 e. The summed E-state index contributed by atoms with van der Waals surface area (Å²) in [5.41, 5.74) is 0.663. The van der Waals surface area contributed by atoms with Gasteiger partial charge in [0, 0.05) is 32.3 Å². The van der Waals surface area contributed by atoms with E-state index in [4.69, 9.17) is 9.47 Å². The molecule has 0 aromatic heterocycles. The van der Waals surface area contributed by atoms with Gasteiger partial charge in [0.1, 0.15) is 0 Å². The topological polar surface area (TPSA) is 93.2 Å². The van der Waals surface area contributed by atoms with Crippen molar-refractivity contribution in [3.63, 3.8) is 0 Å². The van der Waals surface area contributed by atoms with Crippen molar-refractivity contribution in [1.82, 2.24) is 9.21 Å². The molecule has 2 aliphatic rings. The maximum atomic E-state index is 12.9. The molecule has 182 valence electrons. The molecule has 3 rings (SSSR count). The molecule has 1 amide bonds. The van der Waals surface area contributed by atoms with Crippen LogP contribution in [0.2, 0.25) is 0 Å². The van der Waals surface area contributed by atoms with Gasteiger partial charge in [-0.2, -0.15) is 4.31 Å². The van der Waals surface area contributed by atoms with Crippen LogP contribution in [-0.2, 0) is 29.1 Å². The van der Waals surface area contributed by atoms with E-state index in [1.54, 1.807) is 46.5 Å². The van der Waals surface area contributed by atoms with Crippen LogP contribution in [0, 0.1) is 0 Å². The number of carbonyl (C=O) groups is 2. The Balaban J connectivity index is 1.56. The van der Waals surface area contributed by atoms with Gasteiger partial charge < -0.3 is 14.4 Å². The average Bonchev–Trinajstić information content (AvgIpc) is 3.07. The number of benzene rings is 1. The fourth-order valence-corrected chi connectivity index (χ4v) is 5.74. The second-order valence-corrected chi connectivity index (χ2v) is 10.7. The van der Waals surface area contributed by atoms with Crippen molar-refractivity contribution in [3.05, 3.63) is 35.9 Å². The maximum Gasteiger partial charge on any atom is 0.331 e. The number of amides is 1. The predicted octanol–water partition coefficient (Wildman–Crippen LogP) is 2.83. The van der Waals surface area contributed by atoms with Gasteiger partial charge in [0.05, 0.1) is 17.1 Å². The number of hydrogen-bond acceptors (Lipinski definition) is 6. The molecule has 2 saturated heterocycles. The molecule has 8 nitrogen and oxygen atoms in total. The molecule has 2 fully saturated rings. The van der Waals surface area contributed by atoms with Gasteiger partial charge in [0.25, 0.3) is 5.91 Å². The van der Waals surface area contributed by atoms with E-state index in [1.807, 2.05) is 13.8 Å². The van der Waals surface area contributed by atoms with Gasteiger partial charge in [0.15, 0.2) is 6.10 Å². The summed E-state index contributed by atoms with van der Waals surface area (Å²) in [6.45, 7) is 7.39. The normalized spacial score (nSPS) is 23.8. The highest BCUT2D eigenvalue weighted by atomic mass is 32.2. The van der Waals surface area contributed by atoms with Crippen LogP contribution in [0.15, 0.2) is 35.2 Å². The van der Waals surface area contributed by atoms with Crippen molar-refractivity contribution in [1.29, 1.82) is 0 Å². The van der Waals surface area contributed by atoms with Crippen LogP contribution in [0.5, 0.6) is 0 Å². The lowest BCUT2D eigenvalue weighted by molar-refractivity contribution is -0.161. The van der Waals surface area contributed by atoms with Gasteiger partial charge in [-0.1, -0.05) is 25.0 Å². The Kier molecular flexibility index (Phi) is 8.67. The summed E-state index contributed by atoms with van der Waals surface area (Å²) in [4.78, 5) is 26.7. The van der Waals surface area contributed by atoms with Crippen LogP contribution >= 0.6 is 0 Å². The summed E-state index contributed by atoms with van der Waals surface area (Å²) in [6.07, 6.45) is 5.63. The molecular weight excluding hydrogens is 444 g/mol. The molecule has 2 aliphatic heterocycles. The minimum atomic E-state index is -3.51. The highest BCUT2D eigenvalue weighted by Gasteiger charge is 2.30. The first-order valence-corrected chi connectivity index (χ1v) is 13.0. The third-order valence-electron chi connectivity index (χ3n) is 5.87. The highest BCUT2D eigenvalue weighted by Crippen LogP contribution is 2.21. The molecule has 0 N–H and O–H groups in total. The summed E-state index contributed by atoms with van der Waals surface area (Å²) in [7, 11) is -3.51. The summed E-state index contributed by atoms with van der Waals surface area (Å²) in [5, 5.41) is 0. The van der Waals surface area contributed by atoms with Crippen molar-refractivity contribution < 1.29 is 27.5 Å². The van der Waals surface area contributed by atoms with Crippen molar-refractivity contribution in [2.75, 3.05) is 26.2 Å². The third kappa shape index (κ3) is 6.88. The molecule has 3 unspecified atom stereocenters. The number of nitrogens with zero attached hydrogens (tertiary/aromatic N) is 2. The first kappa shape index (κ1) is 25.4. The molecule has 3 atom stereocenters. The zero-order valence-electron chi connectivity index (χ0n) is 19.6. The van der Waals surface area contributed by atoms with Crippen LogP contribution in [0.4, 0.5) is 0 Å². The number of rotatable bonds is 6. The minimum absolute atomic E-state index is 0.0633. The Morgan fingerprint density at radius 1 is 1.03 bits per heavy atom. The van der Waals surface area contributed by atoms with E-state index >= 15 is 0 Å². The van der Waals surface area contributed by atoms with Gasteiger partial charge in [0.2, 0.25) is 10.0 Å². The molecule has 0 saturated carbocycles. The number of ether oxygens (including phenoxy) is 2. The number of sulfonamides is 1. The van der Waals surface area contributed by atoms with E-state index in [9.17, 15) is 18.0 Å². The zero-order valence-corrected chi connectivity index (χ0v) is 20.4. The van der Waals surface area contributed by atoms with Crippen molar-refractivity contribution in [2.24, 2.45) is 0 Å². The Labute approximate surface area is 196 Å². The van der Waals surface area contributed by atoms with Crippen molar-refractivity contribution >= 4 is 28.0 Å². The van der Waals surface area contributed by atoms with Crippen molar-refractivity contribution in [2.45, 2.75) is 69.7 Å². The second kappa shape index (κ2) is 11.3. The van der Waals surface area contributed by atoms with E-state index in [1.165, 1.54) is 6.08 Å². The lowest BCUT2D eigenvalue weighted by Crippen LogP contribution is -2.51. The quantitative estimate of drug-likeness (QED) is 0.461. The van der Waals surface area contributed by atoms with E-state index in [0.29, 0.717) is 31.7 Å². The Bertz CT molecular complexity index is 942. The molecule has 1 aromatic rings. The summed E-state index contributed by atoms with van der Waals surface area (Å²) >= 11 is 0. The Morgan fingerprint density at radius 2 is 1.61 bits per heavy atom. The lowest BCUT2D eigenvalue weighted by atomic mass is 10.2. The van der Waals surface area contributed by atoms with E-state index in [2.05, 4.69) is 0 Å². The average molecular weight is 479 g/mol. The van der Waals surface area contributed by atoms with Crippen LogP contribution in [0.1, 0.15) is 52.0 Å². The molecule has 0 aliphatic carbocycles. The van der Waals surface area contributed by atoms with Gasteiger partial charge in [-0.05, 0) is 57.4 Å². The standard InChI is InChI=1S/C24H34N2O6S/c1-18-16-25(17-19(2)31-18)24(28)20(3)32-23(27)13-10-21-8-11-22(12-9-21)33(29,30)26-14-6-4-5-7-15-26/h8-13,18-20H,4-7,14-17H2,1-3H3/b13-10+. The summed E-state index contributed by atoms with van der Waals surface area (Å²) in [5.74, 6) is -0.881. The van der Waals surface area contributed by atoms with Crippen LogP contribution in [0.25, 0.3) is 6.08 Å². The number of morpholine rings is 1. The van der Waals surface area contributed by atoms with Gasteiger partial charge in [-0.15, -0.1) is 0 Å². The molecule has 0 radical (unpaired) electrons. The maximum absolute atomic E-state index is 12.9. The minimum Gasteiger partial charge on any atom is -0.449 e. The fourth-order valence-electron chi connectivity index (χ4n) is 4.23. The van der Waals surface area contributed by atoms with Gasteiger partial charge in [-0.3, -0.25) is 4.79 Å². The molecule has 1 aromatic carbocycles. The molecule has 33 heavy (non-hydrogen) atoms. The van der Waals surface area contributed by atoms with Gasteiger partial charge in [-0.25, -0.2) is 13.2 Å². The smallest absolute Gasteiger partial charge is 0.331 e. The van der Waals surface area contributed by atoms with E-state index in [-0.39, 0.29) is 23.0 Å². The van der Waals surface area contributed by atoms with E-state index < -0.39 is 22.1 Å². The Hall–Kier alpha value is -2.23. The predicted molar refractivity (Wildman–Crippen MR) is 125 cm³/mol. The summed E-state index contributed by atoms with van der Waals surface area (Å²) in [6, 6.07) is 6.41. The van der Waals surface area contributed by atoms with E-state index in [0.717, 1.165) is 25.7 Å². The van der Waals surface area contributed by atoms with Crippen LogP contribution < -0.4 is 0 Å². The third-order valence-corrected chi connectivity index (χ3v) is 7.78. The highest BCUT2D eigenvalue weighted by molar-refractivity contribution is 7.89. The second-order valence-electron chi connectivity index (χ2n) is 8.80. The molecule has 2 heterocycles. The molecule has 9 heteroatoms. The van der Waals surface area contributed by atoms with Crippen LogP contribution in [-0.4, -0.2) is 74.0 Å². The fraction of sp³-hybridized carbons (Fsp3) is 0.583.